The third-order valence-electron chi connectivity index (χ3n) is 3.79. The first-order valence-electron chi connectivity index (χ1n) is 7.35. The van der Waals surface area contributed by atoms with Gasteiger partial charge in [-0.15, -0.1) is 0 Å². The number of aromatic nitrogens is 2. The van der Waals surface area contributed by atoms with Gasteiger partial charge in [0.2, 0.25) is 0 Å². The fraction of sp³-hybridized carbons (Fsp3) is 0.294. The van der Waals surface area contributed by atoms with E-state index in [4.69, 9.17) is 4.74 Å². The standard InChI is InChI=1S/C17H19N3O4/c1-10-13(11(2)20(3)19-10)15(21)16(22)18-14(17(23)24-4)12-8-6-5-7-9-12/h5-9,14H,1-4H3,(H,18,22)/t14-/m1/s1. The highest BCUT2D eigenvalue weighted by atomic mass is 16.5. The Kier molecular flexibility index (Phi) is 5.13. The predicted molar refractivity (Wildman–Crippen MR) is 86.4 cm³/mol. The molecule has 1 N–H and O–H groups in total. The highest BCUT2D eigenvalue weighted by molar-refractivity contribution is 6.43. The molecule has 0 aliphatic carbocycles. The Morgan fingerprint density at radius 2 is 1.79 bits per heavy atom. The molecule has 2 rings (SSSR count). The molecule has 1 aromatic carbocycles. The molecule has 1 amide bonds. The molecule has 2 aromatic rings. The quantitative estimate of drug-likeness (QED) is 0.506. The van der Waals surface area contributed by atoms with Gasteiger partial charge in [-0.05, 0) is 19.4 Å². The molecule has 0 bridgehead atoms. The lowest BCUT2D eigenvalue weighted by molar-refractivity contribution is -0.144. The van der Waals surface area contributed by atoms with Crippen LogP contribution in [0.3, 0.4) is 0 Å². The number of methoxy groups -OCH3 is 1. The molecule has 24 heavy (non-hydrogen) atoms. The molecular weight excluding hydrogens is 310 g/mol. The van der Waals surface area contributed by atoms with Crippen LogP contribution in [0.25, 0.3) is 0 Å². The third kappa shape index (κ3) is 3.34. The van der Waals surface area contributed by atoms with E-state index in [1.54, 1.807) is 51.2 Å². The number of ether oxygens (including phenoxy) is 1. The number of Topliss-reactive ketones (excluding diaryl/α,β-unsaturated/α-hetero) is 1. The van der Waals surface area contributed by atoms with Crippen LogP contribution in [0.2, 0.25) is 0 Å². The van der Waals surface area contributed by atoms with Crippen LogP contribution in [0.4, 0.5) is 0 Å². The van der Waals surface area contributed by atoms with E-state index < -0.39 is 23.7 Å². The van der Waals surface area contributed by atoms with E-state index in [1.165, 1.54) is 11.8 Å². The number of amides is 1. The van der Waals surface area contributed by atoms with Crippen molar-refractivity contribution in [1.82, 2.24) is 15.1 Å². The first-order valence-corrected chi connectivity index (χ1v) is 7.35. The van der Waals surface area contributed by atoms with Crippen molar-refractivity contribution in [3.8, 4) is 0 Å². The van der Waals surface area contributed by atoms with Gasteiger partial charge in [0, 0.05) is 12.7 Å². The molecule has 126 valence electrons. The lowest BCUT2D eigenvalue weighted by Crippen LogP contribution is -2.39. The Labute approximate surface area is 139 Å². The van der Waals surface area contributed by atoms with Crippen molar-refractivity contribution in [2.24, 2.45) is 7.05 Å². The number of carbonyl (C=O) groups is 3. The number of esters is 1. The minimum absolute atomic E-state index is 0.242. The van der Waals surface area contributed by atoms with Gasteiger partial charge in [0.1, 0.15) is 0 Å². The van der Waals surface area contributed by atoms with Crippen LogP contribution in [-0.2, 0) is 21.4 Å². The molecule has 0 spiro atoms. The third-order valence-corrected chi connectivity index (χ3v) is 3.79. The highest BCUT2D eigenvalue weighted by Gasteiger charge is 2.29. The smallest absolute Gasteiger partial charge is 0.333 e. The van der Waals surface area contributed by atoms with Crippen LogP contribution in [0.15, 0.2) is 30.3 Å². The van der Waals surface area contributed by atoms with E-state index in [1.807, 2.05) is 0 Å². The second-order valence-corrected chi connectivity index (χ2v) is 5.34. The highest BCUT2D eigenvalue weighted by Crippen LogP contribution is 2.16. The van der Waals surface area contributed by atoms with Gasteiger partial charge in [-0.2, -0.15) is 5.10 Å². The van der Waals surface area contributed by atoms with Crippen molar-refractivity contribution < 1.29 is 19.1 Å². The number of benzene rings is 1. The minimum atomic E-state index is -1.05. The molecule has 7 heteroatoms. The number of aryl methyl sites for hydroxylation is 2. The zero-order valence-electron chi connectivity index (χ0n) is 14.0. The molecule has 0 saturated carbocycles. The van der Waals surface area contributed by atoms with Gasteiger partial charge in [-0.3, -0.25) is 14.3 Å². The van der Waals surface area contributed by atoms with Crippen molar-refractivity contribution in [2.45, 2.75) is 19.9 Å². The molecule has 0 radical (unpaired) electrons. The number of carbonyl (C=O) groups excluding carboxylic acids is 3. The normalized spacial score (nSPS) is 11.7. The van der Waals surface area contributed by atoms with E-state index in [9.17, 15) is 14.4 Å². The molecule has 0 aliphatic heterocycles. The van der Waals surface area contributed by atoms with Crippen LogP contribution in [0.1, 0.15) is 33.4 Å². The summed E-state index contributed by atoms with van der Waals surface area (Å²) in [6.07, 6.45) is 0. The number of hydrogen-bond donors (Lipinski definition) is 1. The zero-order valence-corrected chi connectivity index (χ0v) is 14.0. The molecule has 1 heterocycles. The predicted octanol–water partition coefficient (Wildman–Crippen LogP) is 1.25. The van der Waals surface area contributed by atoms with Crippen LogP contribution in [-0.4, -0.2) is 34.6 Å². The number of rotatable bonds is 5. The van der Waals surface area contributed by atoms with Crippen molar-refractivity contribution in [1.29, 1.82) is 0 Å². The monoisotopic (exact) mass is 329 g/mol. The van der Waals surface area contributed by atoms with Crippen LogP contribution in [0.5, 0.6) is 0 Å². The SMILES string of the molecule is COC(=O)[C@H](NC(=O)C(=O)c1c(C)nn(C)c1C)c1ccccc1. The first kappa shape index (κ1) is 17.4. The molecule has 7 nitrogen and oxygen atoms in total. The van der Waals surface area contributed by atoms with E-state index >= 15 is 0 Å². The zero-order chi connectivity index (χ0) is 17.9. The van der Waals surface area contributed by atoms with Gasteiger partial charge >= 0.3 is 5.97 Å². The number of nitrogens with zero attached hydrogens (tertiary/aromatic N) is 2. The summed E-state index contributed by atoms with van der Waals surface area (Å²) in [5, 5.41) is 6.57. The lowest BCUT2D eigenvalue weighted by atomic mass is 10.0. The molecular formula is C17H19N3O4. The summed E-state index contributed by atoms with van der Waals surface area (Å²) >= 11 is 0. The minimum Gasteiger partial charge on any atom is -0.467 e. The fourth-order valence-electron chi connectivity index (χ4n) is 2.45. The van der Waals surface area contributed by atoms with Crippen LogP contribution in [0, 0.1) is 13.8 Å². The van der Waals surface area contributed by atoms with Gasteiger partial charge in [-0.25, -0.2) is 4.79 Å². The summed E-state index contributed by atoms with van der Waals surface area (Å²) < 4.78 is 6.26. The van der Waals surface area contributed by atoms with Crippen molar-refractivity contribution in [3.63, 3.8) is 0 Å². The van der Waals surface area contributed by atoms with E-state index in [-0.39, 0.29) is 5.56 Å². The second-order valence-electron chi connectivity index (χ2n) is 5.34. The summed E-state index contributed by atoms with van der Waals surface area (Å²) in [6.45, 7) is 3.36. The molecule has 1 aromatic heterocycles. The van der Waals surface area contributed by atoms with Gasteiger partial charge in [0.15, 0.2) is 6.04 Å². The van der Waals surface area contributed by atoms with Gasteiger partial charge in [0.25, 0.3) is 11.7 Å². The van der Waals surface area contributed by atoms with Crippen molar-refractivity contribution in [3.05, 3.63) is 52.8 Å². The Morgan fingerprint density at radius 3 is 2.29 bits per heavy atom. The van der Waals surface area contributed by atoms with Crippen LogP contribution < -0.4 is 5.32 Å². The Balaban J connectivity index is 2.28. The van der Waals surface area contributed by atoms with Crippen molar-refractivity contribution in [2.75, 3.05) is 7.11 Å². The molecule has 0 unspecified atom stereocenters. The lowest BCUT2D eigenvalue weighted by Gasteiger charge is -2.16. The Morgan fingerprint density at radius 1 is 1.17 bits per heavy atom. The summed E-state index contributed by atoms with van der Waals surface area (Å²) in [7, 11) is 2.92. The average molecular weight is 329 g/mol. The second kappa shape index (κ2) is 7.08. The number of ketones is 1. The molecule has 1 atom stereocenters. The maximum absolute atomic E-state index is 12.5. The topological polar surface area (TPSA) is 90.3 Å². The van der Waals surface area contributed by atoms with Gasteiger partial charge in [-0.1, -0.05) is 30.3 Å². The summed E-state index contributed by atoms with van der Waals surface area (Å²) in [5.41, 5.74) is 1.82. The summed E-state index contributed by atoms with van der Waals surface area (Å²) in [4.78, 5) is 36.8. The fourth-order valence-corrected chi connectivity index (χ4v) is 2.45. The summed E-state index contributed by atoms with van der Waals surface area (Å²) in [5.74, 6) is -2.27. The Bertz CT molecular complexity index is 781. The van der Waals surface area contributed by atoms with E-state index in [0.29, 0.717) is 17.0 Å². The first-order chi connectivity index (χ1) is 11.4. The van der Waals surface area contributed by atoms with Crippen molar-refractivity contribution >= 4 is 17.7 Å². The number of hydrogen-bond acceptors (Lipinski definition) is 5. The molecule has 0 aliphatic rings. The van der Waals surface area contributed by atoms with Gasteiger partial charge < -0.3 is 10.1 Å². The number of nitrogens with one attached hydrogen (secondary N) is 1. The van der Waals surface area contributed by atoms with E-state index in [2.05, 4.69) is 10.4 Å². The van der Waals surface area contributed by atoms with E-state index in [0.717, 1.165) is 0 Å². The molecule has 0 saturated heterocycles. The van der Waals surface area contributed by atoms with Crippen LogP contribution >= 0.6 is 0 Å². The largest absolute Gasteiger partial charge is 0.467 e. The van der Waals surface area contributed by atoms with Gasteiger partial charge in [0.05, 0.1) is 18.4 Å². The Hall–Kier alpha value is -2.96. The average Bonchev–Trinajstić information content (AvgIpc) is 2.84. The summed E-state index contributed by atoms with van der Waals surface area (Å²) in [6, 6.07) is 7.54. The molecule has 0 fully saturated rings. The maximum Gasteiger partial charge on any atom is 0.333 e. The maximum atomic E-state index is 12.5.